The van der Waals surface area contributed by atoms with Crippen molar-refractivity contribution < 1.29 is 0 Å². The van der Waals surface area contributed by atoms with Crippen LogP contribution in [-0.4, -0.2) is 0 Å². The Morgan fingerprint density at radius 3 is 1.93 bits per heavy atom. The second-order valence-corrected chi connectivity index (χ2v) is 3.80. The van der Waals surface area contributed by atoms with Gasteiger partial charge in [0.2, 0.25) is 0 Å². The van der Waals surface area contributed by atoms with Gasteiger partial charge in [-0.2, -0.15) is 0 Å². The first-order valence-electron chi connectivity index (χ1n) is 5.18. The van der Waals surface area contributed by atoms with Crippen molar-refractivity contribution in [1.82, 2.24) is 0 Å². The summed E-state index contributed by atoms with van der Waals surface area (Å²) >= 11 is 0. The van der Waals surface area contributed by atoms with Gasteiger partial charge in [-0.1, -0.05) is 61.5 Å². The molecule has 0 aliphatic carbocycles. The van der Waals surface area contributed by atoms with E-state index in [0.29, 0.717) is 5.92 Å². The van der Waals surface area contributed by atoms with Crippen molar-refractivity contribution in [1.29, 1.82) is 0 Å². The Hall–Kier alpha value is -1.56. The third-order valence-electron chi connectivity index (χ3n) is 2.74. The maximum Gasteiger partial charge on any atom is 0.00610 e. The maximum atomic E-state index is 5.67. The van der Waals surface area contributed by atoms with E-state index >= 15 is 0 Å². The summed E-state index contributed by atoms with van der Waals surface area (Å²) in [6.07, 6.45) is 0. The van der Waals surface area contributed by atoms with E-state index in [1.54, 1.807) is 0 Å². The summed E-state index contributed by atoms with van der Waals surface area (Å²) < 4.78 is 0. The van der Waals surface area contributed by atoms with Gasteiger partial charge >= 0.3 is 0 Å². The normalized spacial score (nSPS) is 12.4. The minimum atomic E-state index is 0.423. The molecular weight excluding hydrogens is 180 g/mol. The Morgan fingerprint density at radius 1 is 0.800 bits per heavy atom. The Kier molecular flexibility index (Phi) is 2.86. The number of hydrogen-bond acceptors (Lipinski definition) is 0. The van der Waals surface area contributed by atoms with Gasteiger partial charge in [-0.25, -0.2) is 0 Å². The van der Waals surface area contributed by atoms with Gasteiger partial charge in [0.25, 0.3) is 0 Å². The van der Waals surface area contributed by atoms with Crippen molar-refractivity contribution in [3.8, 4) is 0 Å². The average molecular weight is 194 g/mol. The van der Waals surface area contributed by atoms with Crippen LogP contribution in [0.3, 0.4) is 0 Å². The van der Waals surface area contributed by atoms with Crippen LogP contribution in [-0.2, 0) is 0 Å². The maximum absolute atomic E-state index is 5.67. The van der Waals surface area contributed by atoms with E-state index in [1.165, 1.54) is 11.1 Å². The highest BCUT2D eigenvalue weighted by molar-refractivity contribution is 5.33. The zero-order valence-corrected chi connectivity index (χ0v) is 8.85. The third kappa shape index (κ3) is 2.27. The van der Waals surface area contributed by atoms with E-state index in [1.807, 2.05) is 18.2 Å². The fourth-order valence-corrected chi connectivity index (χ4v) is 1.72. The molecule has 2 rings (SSSR count). The second-order valence-electron chi connectivity index (χ2n) is 3.80. The van der Waals surface area contributed by atoms with Crippen molar-refractivity contribution >= 4 is 0 Å². The molecule has 0 aliphatic heterocycles. The highest BCUT2D eigenvalue weighted by atomic mass is 14.1. The van der Waals surface area contributed by atoms with Gasteiger partial charge < -0.3 is 0 Å². The van der Waals surface area contributed by atoms with Crippen LogP contribution in [0.2, 0.25) is 0 Å². The first-order chi connectivity index (χ1) is 7.27. The number of benzene rings is 2. The van der Waals surface area contributed by atoms with E-state index in [-0.39, 0.29) is 0 Å². The first kappa shape index (κ1) is 9.97. The molecule has 0 saturated carbocycles. The van der Waals surface area contributed by atoms with E-state index in [2.05, 4.69) is 43.3 Å². The lowest BCUT2D eigenvalue weighted by molar-refractivity contribution is 0.922. The average Bonchev–Trinajstić information content (AvgIpc) is 2.30. The standard InChI is InChI=1S/C15H14/c1-12-8-10-15(11-9-12)13(2)14-6-4-3-5-7-14/h1,3-11,13H,2H3. The van der Waals surface area contributed by atoms with Gasteiger partial charge in [0.15, 0.2) is 0 Å². The van der Waals surface area contributed by atoms with E-state index in [0.717, 1.165) is 5.56 Å². The fraction of sp³-hybridized carbons (Fsp3) is 0.133. The summed E-state index contributed by atoms with van der Waals surface area (Å²) in [4.78, 5) is 0. The van der Waals surface area contributed by atoms with Crippen LogP contribution in [0.5, 0.6) is 0 Å². The Balaban J connectivity index is 2.29. The van der Waals surface area contributed by atoms with Crippen molar-refractivity contribution in [2.24, 2.45) is 0 Å². The van der Waals surface area contributed by atoms with Crippen LogP contribution < -0.4 is 0 Å². The molecule has 74 valence electrons. The quantitative estimate of drug-likeness (QED) is 0.680. The number of hydrogen-bond donors (Lipinski definition) is 0. The smallest absolute Gasteiger partial charge is 0.00610 e. The SMILES string of the molecule is [CH]c1ccc(C(C)c2ccccc2)cc1. The molecular formula is C15H14. The van der Waals surface area contributed by atoms with E-state index in [9.17, 15) is 0 Å². The van der Waals surface area contributed by atoms with Crippen LogP contribution in [0.1, 0.15) is 29.5 Å². The fourth-order valence-electron chi connectivity index (χ4n) is 1.72. The number of rotatable bonds is 2. The summed E-state index contributed by atoms with van der Waals surface area (Å²) in [5, 5.41) is 0. The Bertz CT molecular complexity index is 412. The molecule has 15 heavy (non-hydrogen) atoms. The lowest BCUT2D eigenvalue weighted by Gasteiger charge is -2.12. The Morgan fingerprint density at radius 2 is 1.33 bits per heavy atom. The van der Waals surface area contributed by atoms with Crippen molar-refractivity contribution in [2.75, 3.05) is 0 Å². The molecule has 1 atom stereocenters. The zero-order chi connectivity index (χ0) is 10.7. The first-order valence-corrected chi connectivity index (χ1v) is 5.18. The molecule has 0 saturated heterocycles. The van der Waals surface area contributed by atoms with Crippen molar-refractivity contribution in [3.05, 3.63) is 78.2 Å². The van der Waals surface area contributed by atoms with Crippen molar-refractivity contribution in [2.45, 2.75) is 12.8 Å². The molecule has 0 heterocycles. The van der Waals surface area contributed by atoms with Gasteiger partial charge in [0, 0.05) is 5.92 Å². The lowest BCUT2D eigenvalue weighted by Crippen LogP contribution is -1.95. The van der Waals surface area contributed by atoms with Gasteiger partial charge in [-0.3, -0.25) is 0 Å². The lowest BCUT2D eigenvalue weighted by atomic mass is 9.93. The molecule has 0 fully saturated rings. The molecule has 0 aliphatic rings. The predicted octanol–water partition coefficient (Wildman–Crippen LogP) is 3.90. The second kappa shape index (κ2) is 4.31. The monoisotopic (exact) mass is 194 g/mol. The van der Waals surface area contributed by atoms with E-state index < -0.39 is 0 Å². The molecule has 0 aromatic heterocycles. The highest BCUT2D eigenvalue weighted by Gasteiger charge is 2.06. The minimum Gasteiger partial charge on any atom is -0.0622 e. The van der Waals surface area contributed by atoms with Crippen molar-refractivity contribution in [3.63, 3.8) is 0 Å². The minimum absolute atomic E-state index is 0.423. The zero-order valence-electron chi connectivity index (χ0n) is 8.85. The van der Waals surface area contributed by atoms with Crippen LogP contribution in [0, 0.1) is 6.92 Å². The highest BCUT2D eigenvalue weighted by Crippen LogP contribution is 2.23. The summed E-state index contributed by atoms with van der Waals surface area (Å²) in [6, 6.07) is 18.6. The molecule has 0 N–H and O–H groups in total. The van der Waals surface area contributed by atoms with Crippen LogP contribution in [0.25, 0.3) is 0 Å². The third-order valence-corrected chi connectivity index (χ3v) is 2.74. The molecule has 2 aromatic rings. The van der Waals surface area contributed by atoms with E-state index in [4.69, 9.17) is 6.92 Å². The van der Waals surface area contributed by atoms with Crippen LogP contribution >= 0.6 is 0 Å². The van der Waals surface area contributed by atoms with Crippen LogP contribution in [0.4, 0.5) is 0 Å². The molecule has 0 bridgehead atoms. The molecule has 2 radical (unpaired) electrons. The molecule has 0 nitrogen and oxygen atoms in total. The predicted molar refractivity (Wildman–Crippen MR) is 63.8 cm³/mol. The summed E-state index contributed by atoms with van der Waals surface area (Å²) in [7, 11) is 0. The summed E-state index contributed by atoms with van der Waals surface area (Å²) in [5.74, 6) is 0.423. The largest absolute Gasteiger partial charge is 0.0622 e. The summed E-state index contributed by atoms with van der Waals surface area (Å²) in [6.45, 7) is 7.87. The molecule has 0 spiro atoms. The topological polar surface area (TPSA) is 0 Å². The molecule has 0 amide bonds. The van der Waals surface area contributed by atoms with Gasteiger partial charge in [0.05, 0.1) is 0 Å². The van der Waals surface area contributed by atoms with Gasteiger partial charge in [-0.05, 0) is 23.6 Å². The summed E-state index contributed by atoms with van der Waals surface area (Å²) in [5.41, 5.74) is 3.46. The molecule has 0 heteroatoms. The Labute approximate surface area is 91.6 Å². The molecule has 1 unspecified atom stereocenters. The van der Waals surface area contributed by atoms with Gasteiger partial charge in [-0.15, -0.1) is 0 Å². The molecule has 2 aromatic carbocycles. The van der Waals surface area contributed by atoms with Crippen LogP contribution in [0.15, 0.2) is 54.6 Å². The van der Waals surface area contributed by atoms with Gasteiger partial charge in [0.1, 0.15) is 0 Å².